The van der Waals surface area contributed by atoms with Crippen molar-refractivity contribution in [1.29, 1.82) is 0 Å². The fraction of sp³-hybridized carbons (Fsp3) is 0.500. The van der Waals surface area contributed by atoms with E-state index in [1.54, 1.807) is 12.1 Å². The highest BCUT2D eigenvalue weighted by atomic mass is 35.5. The van der Waals surface area contributed by atoms with Gasteiger partial charge in [-0.3, -0.25) is 9.59 Å². The molecule has 0 aromatic heterocycles. The van der Waals surface area contributed by atoms with Crippen LogP contribution in [0.15, 0.2) is 18.2 Å². The summed E-state index contributed by atoms with van der Waals surface area (Å²) in [6.07, 6.45) is -6.47. The molecule has 1 saturated heterocycles. The fourth-order valence-electron chi connectivity index (χ4n) is 2.69. The molecule has 0 aliphatic carbocycles. The average molecular weight is 471 g/mol. The molecule has 1 unspecified atom stereocenters. The van der Waals surface area contributed by atoms with Gasteiger partial charge in [-0.2, -0.15) is 13.2 Å². The van der Waals surface area contributed by atoms with Crippen LogP contribution in [0.5, 0.6) is 0 Å². The second kappa shape index (κ2) is 10.2. The predicted molar refractivity (Wildman–Crippen MR) is 102 cm³/mol. The van der Waals surface area contributed by atoms with Gasteiger partial charge in [0, 0.05) is 13.1 Å². The molecule has 1 N–H and O–H groups in total. The molecular weight excluding hydrogens is 452 g/mol. The fourth-order valence-corrected chi connectivity index (χ4v) is 3.04. The summed E-state index contributed by atoms with van der Waals surface area (Å²) in [5.41, 5.74) is 0.266. The van der Waals surface area contributed by atoms with Crippen molar-refractivity contribution in [2.24, 2.45) is 5.92 Å². The topological polar surface area (TPSA) is 84.9 Å². The Morgan fingerprint density at radius 3 is 2.47 bits per heavy atom. The van der Waals surface area contributed by atoms with Crippen LogP contribution in [0.4, 0.5) is 23.7 Å². The number of ether oxygens (including phenoxy) is 2. The summed E-state index contributed by atoms with van der Waals surface area (Å²) in [6.45, 7) is -0.212. The van der Waals surface area contributed by atoms with Crippen molar-refractivity contribution in [3.63, 3.8) is 0 Å². The number of carbonyl (C=O) groups is 3. The van der Waals surface area contributed by atoms with E-state index in [9.17, 15) is 27.6 Å². The number of hydrogen-bond donors (Lipinski definition) is 1. The van der Waals surface area contributed by atoms with Crippen molar-refractivity contribution < 1.29 is 37.0 Å². The standard InChI is InChI=1S/C18H19Cl2F3N2O5/c1-10(15(26)24-13-4-2-3-12(19)14(13)20)30-16(27)11-5-7-25(8-6-11)17(28)29-9-18(21,22)23/h2-4,10-11H,5-9H2,1H3,(H,24,26). The van der Waals surface area contributed by atoms with Crippen molar-refractivity contribution in [3.05, 3.63) is 28.2 Å². The van der Waals surface area contributed by atoms with Crippen LogP contribution >= 0.6 is 23.2 Å². The monoisotopic (exact) mass is 470 g/mol. The predicted octanol–water partition coefficient (Wildman–Crippen LogP) is 4.27. The number of halogens is 5. The molecule has 1 heterocycles. The van der Waals surface area contributed by atoms with Crippen molar-refractivity contribution in [2.45, 2.75) is 32.0 Å². The number of alkyl halides is 3. The molecule has 7 nitrogen and oxygen atoms in total. The van der Waals surface area contributed by atoms with Crippen molar-refractivity contribution in [2.75, 3.05) is 25.0 Å². The maximum Gasteiger partial charge on any atom is 0.422 e. The molecule has 12 heteroatoms. The summed E-state index contributed by atoms with van der Waals surface area (Å²) in [4.78, 5) is 37.2. The number of rotatable bonds is 5. The average Bonchev–Trinajstić information content (AvgIpc) is 2.69. The highest BCUT2D eigenvalue weighted by Crippen LogP contribution is 2.29. The number of benzene rings is 1. The van der Waals surface area contributed by atoms with Crippen LogP contribution in [0.2, 0.25) is 10.0 Å². The lowest BCUT2D eigenvalue weighted by Crippen LogP contribution is -2.42. The highest BCUT2D eigenvalue weighted by Gasteiger charge is 2.34. The van der Waals surface area contributed by atoms with Crippen molar-refractivity contribution in [3.8, 4) is 0 Å². The number of amides is 2. The van der Waals surface area contributed by atoms with E-state index < -0.39 is 42.8 Å². The molecule has 30 heavy (non-hydrogen) atoms. The minimum atomic E-state index is -4.61. The summed E-state index contributed by atoms with van der Waals surface area (Å²) in [7, 11) is 0. The van der Waals surface area contributed by atoms with E-state index in [1.807, 2.05) is 0 Å². The van der Waals surface area contributed by atoms with Gasteiger partial charge in [-0.25, -0.2) is 4.79 Å². The Morgan fingerprint density at radius 2 is 1.87 bits per heavy atom. The van der Waals surface area contributed by atoms with E-state index in [1.165, 1.54) is 13.0 Å². The second-order valence-electron chi connectivity index (χ2n) is 6.60. The number of hydrogen-bond acceptors (Lipinski definition) is 5. The van der Waals surface area contributed by atoms with E-state index in [4.69, 9.17) is 27.9 Å². The Hall–Kier alpha value is -2.20. The number of likely N-dealkylation sites (tertiary alicyclic amines) is 1. The van der Waals surface area contributed by atoms with Gasteiger partial charge in [0.05, 0.1) is 21.7 Å². The van der Waals surface area contributed by atoms with Crippen LogP contribution in [0, 0.1) is 5.92 Å². The number of piperidine rings is 1. The molecule has 1 aliphatic rings. The van der Waals surface area contributed by atoms with Gasteiger partial charge in [0.15, 0.2) is 12.7 Å². The summed E-state index contributed by atoms with van der Waals surface area (Å²) in [6, 6.07) is 4.68. The molecule has 1 aromatic carbocycles. The molecule has 0 saturated carbocycles. The first-order chi connectivity index (χ1) is 14.0. The van der Waals surface area contributed by atoms with Gasteiger partial charge in [-0.05, 0) is 31.9 Å². The van der Waals surface area contributed by atoms with Gasteiger partial charge in [0.25, 0.3) is 5.91 Å². The third-order valence-electron chi connectivity index (χ3n) is 4.32. The molecule has 166 valence electrons. The molecule has 1 aromatic rings. The molecular formula is C18H19Cl2F3N2O5. The Kier molecular flexibility index (Phi) is 8.19. The molecule has 0 spiro atoms. The zero-order chi connectivity index (χ0) is 22.5. The lowest BCUT2D eigenvalue weighted by Gasteiger charge is -2.30. The molecule has 1 atom stereocenters. The molecule has 0 bridgehead atoms. The normalized spacial score (nSPS) is 16.0. The van der Waals surface area contributed by atoms with E-state index in [2.05, 4.69) is 10.1 Å². The van der Waals surface area contributed by atoms with E-state index in [-0.39, 0.29) is 41.7 Å². The van der Waals surface area contributed by atoms with E-state index in [0.717, 1.165) is 4.90 Å². The minimum absolute atomic E-state index is 0.0369. The van der Waals surface area contributed by atoms with Crippen molar-refractivity contribution in [1.82, 2.24) is 4.90 Å². The Labute approximate surface area is 180 Å². The minimum Gasteiger partial charge on any atom is -0.452 e. The molecule has 2 rings (SSSR count). The number of anilines is 1. The Balaban J connectivity index is 1.80. The molecule has 2 amide bonds. The first-order valence-electron chi connectivity index (χ1n) is 8.91. The summed E-state index contributed by atoms with van der Waals surface area (Å²) in [5.74, 6) is -1.85. The van der Waals surface area contributed by atoms with Gasteiger partial charge in [-0.15, -0.1) is 0 Å². The maximum atomic E-state index is 12.3. The third kappa shape index (κ3) is 6.94. The van der Waals surface area contributed by atoms with Crippen molar-refractivity contribution >= 4 is 46.9 Å². The van der Waals surface area contributed by atoms with Crippen LogP contribution in [0.1, 0.15) is 19.8 Å². The lowest BCUT2D eigenvalue weighted by molar-refractivity contribution is -0.163. The quantitative estimate of drug-likeness (QED) is 0.649. The molecule has 1 fully saturated rings. The highest BCUT2D eigenvalue weighted by molar-refractivity contribution is 6.44. The smallest absolute Gasteiger partial charge is 0.422 e. The summed E-state index contributed by atoms with van der Waals surface area (Å²) in [5, 5.41) is 2.91. The largest absolute Gasteiger partial charge is 0.452 e. The number of nitrogens with one attached hydrogen (secondary N) is 1. The van der Waals surface area contributed by atoms with Crippen LogP contribution in [-0.2, 0) is 19.1 Å². The molecule has 1 aliphatic heterocycles. The number of carbonyl (C=O) groups excluding carboxylic acids is 3. The lowest BCUT2D eigenvalue weighted by atomic mass is 9.97. The van der Waals surface area contributed by atoms with Crippen LogP contribution in [0.3, 0.4) is 0 Å². The first kappa shape index (κ1) is 24.1. The van der Waals surface area contributed by atoms with Gasteiger partial charge in [0.2, 0.25) is 0 Å². The molecule has 0 radical (unpaired) electrons. The maximum absolute atomic E-state index is 12.3. The zero-order valence-electron chi connectivity index (χ0n) is 15.8. The van der Waals surface area contributed by atoms with Gasteiger partial charge >= 0.3 is 18.2 Å². The van der Waals surface area contributed by atoms with E-state index in [0.29, 0.717) is 0 Å². The SMILES string of the molecule is CC(OC(=O)C1CCN(C(=O)OCC(F)(F)F)CC1)C(=O)Nc1cccc(Cl)c1Cl. The zero-order valence-corrected chi connectivity index (χ0v) is 17.3. The summed E-state index contributed by atoms with van der Waals surface area (Å²) >= 11 is 11.9. The Morgan fingerprint density at radius 1 is 1.23 bits per heavy atom. The van der Waals surface area contributed by atoms with Gasteiger partial charge in [0.1, 0.15) is 0 Å². The van der Waals surface area contributed by atoms with Gasteiger partial charge < -0.3 is 19.7 Å². The Bertz CT molecular complexity index is 799. The summed E-state index contributed by atoms with van der Waals surface area (Å²) < 4.78 is 45.7. The van der Waals surface area contributed by atoms with Gasteiger partial charge in [-0.1, -0.05) is 29.3 Å². The number of nitrogens with zero attached hydrogens (tertiary/aromatic N) is 1. The second-order valence-corrected chi connectivity index (χ2v) is 7.39. The first-order valence-corrected chi connectivity index (χ1v) is 9.67. The van der Waals surface area contributed by atoms with Crippen LogP contribution < -0.4 is 5.32 Å². The van der Waals surface area contributed by atoms with E-state index >= 15 is 0 Å². The number of esters is 1. The van der Waals surface area contributed by atoms with Crippen LogP contribution in [0.25, 0.3) is 0 Å². The van der Waals surface area contributed by atoms with Crippen LogP contribution in [-0.4, -0.2) is 54.8 Å². The third-order valence-corrected chi connectivity index (χ3v) is 5.14.